The van der Waals surface area contributed by atoms with Gasteiger partial charge in [0.15, 0.2) is 0 Å². The highest BCUT2D eigenvalue weighted by molar-refractivity contribution is 5.50. The van der Waals surface area contributed by atoms with Crippen LogP contribution in [0.15, 0.2) is 36.9 Å². The summed E-state index contributed by atoms with van der Waals surface area (Å²) in [5, 5.41) is 0. The highest BCUT2D eigenvalue weighted by Gasteiger charge is 2.20. The van der Waals surface area contributed by atoms with Gasteiger partial charge in [0.2, 0.25) is 0 Å². The third-order valence-electron chi connectivity index (χ3n) is 2.85. The number of nitrogens with zero attached hydrogens (tertiary/aromatic N) is 1. The lowest BCUT2D eigenvalue weighted by atomic mass is 10.0. The molecule has 0 saturated heterocycles. The lowest BCUT2D eigenvalue weighted by Crippen LogP contribution is -2.41. The number of hydrogen-bond acceptors (Lipinski definition) is 2. The average Bonchev–Trinajstić information content (AvgIpc) is 2.24. The molecule has 0 aliphatic carbocycles. The van der Waals surface area contributed by atoms with Crippen LogP contribution >= 0.6 is 0 Å². The minimum atomic E-state index is 0.0873. The summed E-state index contributed by atoms with van der Waals surface area (Å²) in [6.45, 7) is 13.3. The van der Waals surface area contributed by atoms with E-state index < -0.39 is 0 Å². The van der Waals surface area contributed by atoms with E-state index in [0.717, 1.165) is 6.54 Å². The van der Waals surface area contributed by atoms with E-state index in [1.165, 1.54) is 11.3 Å². The van der Waals surface area contributed by atoms with Crippen molar-refractivity contribution in [2.75, 3.05) is 11.4 Å². The molecule has 2 N–H and O–H groups in total. The maximum absolute atomic E-state index is 5.85. The standard InChI is InChI=1S/C15H24N2/c1-6-11-17(15(3,4)5)14-9-7-13(8-10-14)12(2)16/h6-10,12H,1,11,16H2,2-5H3/t12-/m0/s1. The number of hydrogen-bond donors (Lipinski definition) is 1. The van der Waals surface area contributed by atoms with Gasteiger partial charge in [-0.2, -0.15) is 0 Å². The summed E-state index contributed by atoms with van der Waals surface area (Å²) in [4.78, 5) is 2.32. The molecule has 0 radical (unpaired) electrons. The van der Waals surface area contributed by atoms with Gasteiger partial charge >= 0.3 is 0 Å². The topological polar surface area (TPSA) is 29.3 Å². The Morgan fingerprint density at radius 3 is 2.18 bits per heavy atom. The maximum Gasteiger partial charge on any atom is 0.0373 e. The smallest absolute Gasteiger partial charge is 0.0373 e. The molecule has 0 aliphatic rings. The lowest BCUT2D eigenvalue weighted by molar-refractivity contribution is 0.522. The van der Waals surface area contributed by atoms with Gasteiger partial charge in [-0.3, -0.25) is 0 Å². The minimum absolute atomic E-state index is 0.0873. The molecule has 0 spiro atoms. The largest absolute Gasteiger partial charge is 0.363 e. The van der Waals surface area contributed by atoms with Crippen molar-refractivity contribution in [3.05, 3.63) is 42.5 Å². The molecule has 94 valence electrons. The summed E-state index contributed by atoms with van der Waals surface area (Å²) in [6, 6.07) is 8.55. The van der Waals surface area contributed by atoms with Crippen LogP contribution in [0.3, 0.4) is 0 Å². The molecule has 1 atom stereocenters. The van der Waals surface area contributed by atoms with E-state index in [0.29, 0.717) is 0 Å². The van der Waals surface area contributed by atoms with Gasteiger partial charge < -0.3 is 10.6 Å². The van der Waals surface area contributed by atoms with Gasteiger partial charge in [0.1, 0.15) is 0 Å². The molecule has 1 aromatic rings. The number of anilines is 1. The molecule has 0 heterocycles. The van der Waals surface area contributed by atoms with Crippen LogP contribution in [0.4, 0.5) is 5.69 Å². The Labute approximate surface area is 105 Å². The second kappa shape index (κ2) is 5.37. The molecule has 2 heteroatoms. The first-order valence-corrected chi connectivity index (χ1v) is 6.10. The van der Waals surface area contributed by atoms with Crippen LogP contribution in [0.5, 0.6) is 0 Å². The Morgan fingerprint density at radius 1 is 1.29 bits per heavy atom. The normalized spacial score (nSPS) is 13.2. The quantitative estimate of drug-likeness (QED) is 0.805. The highest BCUT2D eigenvalue weighted by atomic mass is 15.2. The van der Waals surface area contributed by atoms with E-state index in [4.69, 9.17) is 5.73 Å². The van der Waals surface area contributed by atoms with Crippen molar-refractivity contribution in [3.63, 3.8) is 0 Å². The van der Waals surface area contributed by atoms with Crippen molar-refractivity contribution in [1.29, 1.82) is 0 Å². The zero-order valence-corrected chi connectivity index (χ0v) is 11.4. The van der Waals surface area contributed by atoms with Crippen LogP contribution < -0.4 is 10.6 Å². The van der Waals surface area contributed by atoms with Gasteiger partial charge in [-0.25, -0.2) is 0 Å². The minimum Gasteiger partial charge on any atom is -0.363 e. The second-order valence-corrected chi connectivity index (χ2v) is 5.45. The molecule has 0 amide bonds. The van der Waals surface area contributed by atoms with Gasteiger partial charge in [-0.05, 0) is 45.4 Å². The average molecular weight is 232 g/mol. The fraction of sp³-hybridized carbons (Fsp3) is 0.467. The van der Waals surface area contributed by atoms with Crippen molar-refractivity contribution >= 4 is 5.69 Å². The molecular weight excluding hydrogens is 208 g/mol. The maximum atomic E-state index is 5.85. The van der Waals surface area contributed by atoms with Crippen molar-refractivity contribution in [2.45, 2.75) is 39.3 Å². The molecule has 1 rings (SSSR count). The van der Waals surface area contributed by atoms with E-state index in [2.05, 4.69) is 56.5 Å². The van der Waals surface area contributed by atoms with E-state index in [9.17, 15) is 0 Å². The molecule has 0 bridgehead atoms. The Balaban J connectivity index is 2.99. The fourth-order valence-electron chi connectivity index (χ4n) is 1.85. The van der Waals surface area contributed by atoms with Crippen molar-refractivity contribution < 1.29 is 0 Å². The van der Waals surface area contributed by atoms with Gasteiger partial charge in [-0.1, -0.05) is 18.2 Å². The molecule has 0 aliphatic heterocycles. The van der Waals surface area contributed by atoms with Crippen LogP contribution in [0.2, 0.25) is 0 Å². The van der Waals surface area contributed by atoms with E-state index >= 15 is 0 Å². The van der Waals surface area contributed by atoms with Gasteiger partial charge in [0.25, 0.3) is 0 Å². The second-order valence-electron chi connectivity index (χ2n) is 5.45. The van der Waals surface area contributed by atoms with E-state index in [1.807, 2.05) is 13.0 Å². The van der Waals surface area contributed by atoms with Crippen LogP contribution in [0.1, 0.15) is 39.3 Å². The van der Waals surface area contributed by atoms with Gasteiger partial charge in [0.05, 0.1) is 0 Å². The summed E-state index contributed by atoms with van der Waals surface area (Å²) in [5.74, 6) is 0. The summed E-state index contributed by atoms with van der Waals surface area (Å²) < 4.78 is 0. The molecule has 0 saturated carbocycles. The van der Waals surface area contributed by atoms with Crippen LogP contribution in [-0.4, -0.2) is 12.1 Å². The third-order valence-corrected chi connectivity index (χ3v) is 2.85. The van der Waals surface area contributed by atoms with Gasteiger partial charge in [0, 0.05) is 23.8 Å². The lowest BCUT2D eigenvalue weighted by Gasteiger charge is -2.37. The molecule has 1 aromatic carbocycles. The summed E-state index contributed by atoms with van der Waals surface area (Å²) in [5.41, 5.74) is 8.32. The number of rotatable bonds is 4. The summed E-state index contributed by atoms with van der Waals surface area (Å²) in [7, 11) is 0. The first kappa shape index (κ1) is 13.8. The fourth-order valence-corrected chi connectivity index (χ4v) is 1.85. The first-order valence-electron chi connectivity index (χ1n) is 6.10. The molecule has 17 heavy (non-hydrogen) atoms. The summed E-state index contributed by atoms with van der Waals surface area (Å²) in [6.07, 6.45) is 1.94. The molecule has 0 unspecified atom stereocenters. The molecule has 2 nitrogen and oxygen atoms in total. The molecule has 0 aromatic heterocycles. The Morgan fingerprint density at radius 2 is 1.82 bits per heavy atom. The van der Waals surface area contributed by atoms with E-state index in [1.54, 1.807) is 0 Å². The zero-order valence-electron chi connectivity index (χ0n) is 11.4. The number of nitrogens with two attached hydrogens (primary N) is 1. The van der Waals surface area contributed by atoms with Crippen molar-refractivity contribution in [1.82, 2.24) is 0 Å². The molecule has 0 fully saturated rings. The monoisotopic (exact) mass is 232 g/mol. The van der Waals surface area contributed by atoms with Crippen LogP contribution in [-0.2, 0) is 0 Å². The Bertz CT molecular complexity index is 358. The predicted molar refractivity (Wildman–Crippen MR) is 76.3 cm³/mol. The van der Waals surface area contributed by atoms with E-state index in [-0.39, 0.29) is 11.6 Å². The van der Waals surface area contributed by atoms with Crippen LogP contribution in [0.25, 0.3) is 0 Å². The first-order chi connectivity index (χ1) is 7.86. The molecular formula is C15H24N2. The number of benzene rings is 1. The Hall–Kier alpha value is -1.28. The zero-order chi connectivity index (χ0) is 13.1. The van der Waals surface area contributed by atoms with Crippen molar-refractivity contribution in [2.24, 2.45) is 5.73 Å². The highest BCUT2D eigenvalue weighted by Crippen LogP contribution is 2.25. The van der Waals surface area contributed by atoms with Crippen LogP contribution in [0, 0.1) is 0 Å². The summed E-state index contributed by atoms with van der Waals surface area (Å²) >= 11 is 0. The SMILES string of the molecule is C=CCN(c1ccc([C@H](C)N)cc1)C(C)(C)C. The van der Waals surface area contributed by atoms with Gasteiger partial charge in [-0.15, -0.1) is 6.58 Å². The third kappa shape index (κ3) is 3.60. The predicted octanol–water partition coefficient (Wildman–Crippen LogP) is 3.50. The van der Waals surface area contributed by atoms with Crippen molar-refractivity contribution in [3.8, 4) is 0 Å². The Kier molecular flexibility index (Phi) is 4.35.